The first-order valence-corrected chi connectivity index (χ1v) is 9.35. The van der Waals surface area contributed by atoms with E-state index in [9.17, 15) is 0 Å². The van der Waals surface area contributed by atoms with Gasteiger partial charge >= 0.3 is 0 Å². The Labute approximate surface area is 152 Å². The Morgan fingerprint density at radius 1 is 1.12 bits per heavy atom. The summed E-state index contributed by atoms with van der Waals surface area (Å²) < 4.78 is 2.24. The van der Waals surface area contributed by atoms with Crippen molar-refractivity contribution in [3.63, 3.8) is 0 Å². The van der Waals surface area contributed by atoms with Gasteiger partial charge < -0.3 is 9.72 Å². The highest BCUT2D eigenvalue weighted by Gasteiger charge is 2.34. The number of piperazine rings is 1. The van der Waals surface area contributed by atoms with Crippen molar-refractivity contribution in [1.82, 2.24) is 19.6 Å². The van der Waals surface area contributed by atoms with Gasteiger partial charge in [-0.15, -0.1) is 0 Å². The van der Waals surface area contributed by atoms with E-state index in [0.29, 0.717) is 12.1 Å². The molecule has 3 saturated heterocycles. The fraction of sp³-hybridized carbons (Fsp3) is 0.350. The largest absolute Gasteiger partial charge is 0.311 e. The molecular formula is C20H21ClN4. The van der Waals surface area contributed by atoms with Crippen LogP contribution in [0.3, 0.4) is 0 Å². The smallest absolute Gasteiger partial charge is 0.137 e. The number of hydrogen-bond donors (Lipinski definition) is 1. The summed E-state index contributed by atoms with van der Waals surface area (Å²) in [6, 6.07) is 15.5. The third-order valence-electron chi connectivity index (χ3n) is 5.56. The summed E-state index contributed by atoms with van der Waals surface area (Å²) in [4.78, 5) is 7.54. The van der Waals surface area contributed by atoms with Gasteiger partial charge in [-0.25, -0.2) is 4.98 Å². The van der Waals surface area contributed by atoms with E-state index < -0.39 is 0 Å². The van der Waals surface area contributed by atoms with Crippen LogP contribution >= 0.6 is 11.6 Å². The average molecular weight is 353 g/mol. The zero-order valence-electron chi connectivity index (χ0n) is 14.0. The molecule has 0 radical (unpaired) electrons. The highest BCUT2D eigenvalue weighted by molar-refractivity contribution is 6.30. The van der Waals surface area contributed by atoms with Gasteiger partial charge in [-0.2, -0.15) is 0 Å². The quantitative estimate of drug-likeness (QED) is 0.781. The number of rotatable bonds is 3. The number of fused-ring (bicyclic) bond motifs is 4. The minimum Gasteiger partial charge on any atom is -0.311 e. The molecule has 5 heterocycles. The molecule has 1 N–H and O–H groups in total. The van der Waals surface area contributed by atoms with Gasteiger partial charge in [0.15, 0.2) is 0 Å². The van der Waals surface area contributed by atoms with Crippen LogP contribution < -0.4 is 5.32 Å². The molecule has 3 fully saturated rings. The topological polar surface area (TPSA) is 32.6 Å². The van der Waals surface area contributed by atoms with E-state index in [-0.39, 0.29) is 0 Å². The van der Waals surface area contributed by atoms with Crippen LogP contribution in [0.1, 0.15) is 18.5 Å². The number of nitrogens with one attached hydrogen (secondary N) is 1. The minimum absolute atomic E-state index is 0.636. The second-order valence-electron chi connectivity index (χ2n) is 7.11. The maximum atomic E-state index is 6.08. The van der Waals surface area contributed by atoms with E-state index >= 15 is 0 Å². The summed E-state index contributed by atoms with van der Waals surface area (Å²) in [5.74, 6) is 0. The van der Waals surface area contributed by atoms with Crippen molar-refractivity contribution < 1.29 is 0 Å². The predicted molar refractivity (Wildman–Crippen MR) is 101 cm³/mol. The lowest BCUT2D eigenvalue weighted by Gasteiger charge is -2.46. The lowest BCUT2D eigenvalue weighted by atomic mass is 9.93. The Morgan fingerprint density at radius 2 is 2.00 bits per heavy atom. The monoisotopic (exact) mass is 352 g/mol. The lowest BCUT2D eigenvalue weighted by molar-refractivity contribution is 0.0674. The van der Waals surface area contributed by atoms with Crippen molar-refractivity contribution in [2.75, 3.05) is 13.1 Å². The van der Waals surface area contributed by atoms with Gasteiger partial charge in [0, 0.05) is 48.5 Å². The number of pyridine rings is 1. The molecule has 128 valence electrons. The molecule has 3 aromatic rings. The number of imidazole rings is 1. The zero-order valence-corrected chi connectivity index (χ0v) is 14.8. The van der Waals surface area contributed by atoms with Gasteiger partial charge in [-0.05, 0) is 37.1 Å². The van der Waals surface area contributed by atoms with E-state index in [1.165, 1.54) is 18.5 Å². The van der Waals surface area contributed by atoms with Crippen LogP contribution in [0.4, 0.5) is 0 Å². The third-order valence-corrected chi connectivity index (χ3v) is 5.81. The number of aromatic nitrogens is 2. The standard InChI is InChI=1S/C20H21ClN4/c21-15-6-4-14(5-7-15)20-18(25-10-2-1-3-19(25)23-20)13-24-12-16-8-9-17(24)11-22-16/h1-7,10,16-17,22H,8-9,11-13H2. The summed E-state index contributed by atoms with van der Waals surface area (Å²) in [6.45, 7) is 3.18. The van der Waals surface area contributed by atoms with Gasteiger partial charge in [0.1, 0.15) is 5.65 Å². The normalized spacial score (nSPS) is 23.4. The maximum Gasteiger partial charge on any atom is 0.137 e. The summed E-state index contributed by atoms with van der Waals surface area (Å²) >= 11 is 6.08. The molecule has 0 amide bonds. The third kappa shape index (κ3) is 2.74. The van der Waals surface area contributed by atoms with Crippen molar-refractivity contribution in [2.24, 2.45) is 0 Å². The van der Waals surface area contributed by atoms with Gasteiger partial charge in [0.2, 0.25) is 0 Å². The summed E-state index contributed by atoms with van der Waals surface area (Å²) in [6.07, 6.45) is 4.72. The molecule has 1 aromatic carbocycles. The van der Waals surface area contributed by atoms with Crippen LogP contribution in [0.15, 0.2) is 48.7 Å². The van der Waals surface area contributed by atoms with E-state index in [0.717, 1.165) is 41.6 Å². The molecule has 6 rings (SSSR count). The second kappa shape index (κ2) is 6.13. The Kier molecular flexibility index (Phi) is 3.77. The molecular weight excluding hydrogens is 332 g/mol. The number of halogens is 1. The van der Waals surface area contributed by atoms with E-state index in [1.54, 1.807) is 0 Å². The molecule has 2 atom stereocenters. The number of nitrogens with zero attached hydrogens (tertiary/aromatic N) is 3. The van der Waals surface area contributed by atoms with Crippen molar-refractivity contribution in [1.29, 1.82) is 0 Å². The molecule has 3 aliphatic heterocycles. The fourth-order valence-electron chi connectivity index (χ4n) is 4.22. The predicted octanol–water partition coefficient (Wildman–Crippen LogP) is 3.59. The first kappa shape index (κ1) is 15.4. The average Bonchev–Trinajstić information content (AvgIpc) is 3.02. The Morgan fingerprint density at radius 3 is 2.72 bits per heavy atom. The number of hydrogen-bond acceptors (Lipinski definition) is 3. The first-order chi connectivity index (χ1) is 12.3. The molecule has 0 saturated carbocycles. The molecule has 2 bridgehead atoms. The van der Waals surface area contributed by atoms with Crippen molar-refractivity contribution >= 4 is 17.2 Å². The van der Waals surface area contributed by atoms with Crippen molar-refractivity contribution in [3.8, 4) is 11.3 Å². The number of benzene rings is 1. The van der Waals surface area contributed by atoms with Gasteiger partial charge in [0.25, 0.3) is 0 Å². The van der Waals surface area contributed by atoms with E-state index in [2.05, 4.69) is 45.1 Å². The van der Waals surface area contributed by atoms with Crippen LogP contribution in [0.25, 0.3) is 16.9 Å². The highest BCUT2D eigenvalue weighted by Crippen LogP contribution is 2.30. The first-order valence-electron chi connectivity index (χ1n) is 8.97. The summed E-state index contributed by atoms with van der Waals surface area (Å²) in [7, 11) is 0. The van der Waals surface area contributed by atoms with Crippen LogP contribution in [0.2, 0.25) is 5.02 Å². The van der Waals surface area contributed by atoms with Crippen molar-refractivity contribution in [2.45, 2.75) is 31.5 Å². The van der Waals surface area contributed by atoms with Gasteiger partial charge in [0.05, 0.1) is 11.4 Å². The molecule has 2 aromatic heterocycles. The molecule has 3 aliphatic rings. The Balaban J connectivity index is 1.58. The number of piperidine rings is 2. The van der Waals surface area contributed by atoms with Gasteiger partial charge in [-0.3, -0.25) is 4.90 Å². The van der Waals surface area contributed by atoms with Gasteiger partial charge in [-0.1, -0.05) is 29.8 Å². The SMILES string of the molecule is Clc1ccc(-c2nc3ccccn3c2CN2CC3CCC2CN3)cc1. The van der Waals surface area contributed by atoms with Crippen LogP contribution in [-0.2, 0) is 6.54 Å². The minimum atomic E-state index is 0.636. The van der Waals surface area contributed by atoms with Crippen molar-refractivity contribution in [3.05, 3.63) is 59.4 Å². The molecule has 25 heavy (non-hydrogen) atoms. The van der Waals surface area contributed by atoms with E-state index in [1.807, 2.05) is 18.2 Å². The Bertz CT molecular complexity index is 894. The molecule has 2 unspecified atom stereocenters. The molecule has 0 spiro atoms. The maximum absolute atomic E-state index is 6.08. The highest BCUT2D eigenvalue weighted by atomic mass is 35.5. The van der Waals surface area contributed by atoms with E-state index in [4.69, 9.17) is 16.6 Å². The summed E-state index contributed by atoms with van der Waals surface area (Å²) in [5.41, 5.74) is 4.47. The van der Waals surface area contributed by atoms with Crippen LogP contribution in [0.5, 0.6) is 0 Å². The lowest BCUT2D eigenvalue weighted by Crippen LogP contribution is -2.60. The molecule has 4 nitrogen and oxygen atoms in total. The zero-order chi connectivity index (χ0) is 16.8. The fourth-order valence-corrected chi connectivity index (χ4v) is 4.35. The molecule has 0 aliphatic carbocycles. The van der Waals surface area contributed by atoms with Crippen LogP contribution in [0, 0.1) is 0 Å². The van der Waals surface area contributed by atoms with Crippen LogP contribution in [-0.4, -0.2) is 39.5 Å². The second-order valence-corrected chi connectivity index (χ2v) is 7.55. The Hall–Kier alpha value is -1.88. The molecule has 5 heteroatoms. The summed E-state index contributed by atoms with van der Waals surface area (Å²) in [5, 5.41) is 4.40.